The van der Waals surface area contributed by atoms with Crippen LogP contribution in [0.5, 0.6) is 0 Å². The molecule has 1 aromatic rings. The van der Waals surface area contributed by atoms with Gasteiger partial charge in [0.15, 0.2) is 5.17 Å². The summed E-state index contributed by atoms with van der Waals surface area (Å²) in [6, 6.07) is 0. The van der Waals surface area contributed by atoms with Crippen molar-refractivity contribution in [1.29, 1.82) is 0 Å². The summed E-state index contributed by atoms with van der Waals surface area (Å²) in [5.41, 5.74) is -3.58. The predicted octanol–water partition coefficient (Wildman–Crippen LogP) is 6.14. The van der Waals surface area contributed by atoms with E-state index in [1.54, 1.807) is 48.5 Å². The van der Waals surface area contributed by atoms with Crippen LogP contribution in [0.15, 0.2) is 15.0 Å². The summed E-state index contributed by atoms with van der Waals surface area (Å²) in [7, 11) is 0. The maximum absolute atomic E-state index is 13.8. The zero-order chi connectivity index (χ0) is 25.5. The second-order valence-electron chi connectivity index (χ2n) is 10.7. The van der Waals surface area contributed by atoms with E-state index in [2.05, 4.69) is 20.9 Å². The fourth-order valence-corrected chi connectivity index (χ4v) is 6.35. The predicted molar refractivity (Wildman–Crippen MR) is 134 cm³/mol. The molecule has 0 aromatic carbocycles. The Kier molecular flexibility index (Phi) is 7.77. The zero-order valence-electron chi connectivity index (χ0n) is 20.4. The number of aromatic nitrogens is 1. The number of aliphatic imine (C=N–C) groups is 1. The fraction of sp³-hybridized carbons (Fsp3) is 0.727. The molecule has 1 saturated heterocycles. The van der Waals surface area contributed by atoms with Gasteiger partial charge < -0.3 is 14.2 Å². The van der Waals surface area contributed by atoms with Gasteiger partial charge in [-0.1, -0.05) is 11.8 Å². The van der Waals surface area contributed by atoms with Gasteiger partial charge in [-0.2, -0.15) is 4.90 Å². The SMILES string of the molecule is CC(C)(C)OC(=O)N(C(=O)OC(C)(C)C)C1=N[C@@]2(c3nc(Br)cs3)CO[C@@](C)(CF)C[C@H]2CS1. The summed E-state index contributed by atoms with van der Waals surface area (Å²) in [4.78, 5) is 36.6. The number of amides is 2. The molecular weight excluding hydrogens is 549 g/mol. The molecule has 2 aliphatic rings. The topological polar surface area (TPSA) is 90.3 Å². The molecule has 34 heavy (non-hydrogen) atoms. The number of rotatable bonds is 2. The monoisotopic (exact) mass is 579 g/mol. The number of thiazole rings is 1. The highest BCUT2D eigenvalue weighted by molar-refractivity contribution is 9.10. The van der Waals surface area contributed by atoms with Crippen LogP contribution in [-0.4, -0.2) is 63.1 Å². The van der Waals surface area contributed by atoms with E-state index in [0.29, 0.717) is 21.8 Å². The molecule has 12 heteroatoms. The Balaban J connectivity index is 2.08. The highest BCUT2D eigenvalue weighted by Crippen LogP contribution is 2.50. The molecule has 0 radical (unpaired) electrons. The number of fused-ring (bicyclic) bond motifs is 1. The average molecular weight is 581 g/mol. The van der Waals surface area contributed by atoms with Crippen molar-refractivity contribution >= 4 is 56.4 Å². The molecule has 0 aliphatic carbocycles. The first-order valence-corrected chi connectivity index (χ1v) is 13.5. The van der Waals surface area contributed by atoms with E-state index in [1.165, 1.54) is 23.1 Å². The molecule has 3 rings (SSSR count). The number of nitrogens with zero attached hydrogens (tertiary/aromatic N) is 3. The van der Waals surface area contributed by atoms with Gasteiger partial charge in [0.2, 0.25) is 0 Å². The van der Waals surface area contributed by atoms with Gasteiger partial charge in [0.1, 0.15) is 33.0 Å². The number of carbonyl (C=O) groups excluding carboxylic acids is 2. The first-order chi connectivity index (χ1) is 15.6. The molecule has 3 heterocycles. The van der Waals surface area contributed by atoms with Crippen LogP contribution >= 0.6 is 39.0 Å². The molecule has 1 aromatic heterocycles. The number of hydrogen-bond acceptors (Lipinski definition) is 9. The molecule has 3 atom stereocenters. The molecule has 2 aliphatic heterocycles. The van der Waals surface area contributed by atoms with Gasteiger partial charge >= 0.3 is 12.2 Å². The van der Waals surface area contributed by atoms with Crippen LogP contribution in [-0.2, 0) is 19.7 Å². The van der Waals surface area contributed by atoms with Crippen LogP contribution < -0.4 is 0 Å². The van der Waals surface area contributed by atoms with Crippen molar-refractivity contribution in [2.45, 2.75) is 77.2 Å². The maximum Gasteiger partial charge on any atom is 0.426 e. The van der Waals surface area contributed by atoms with Crippen molar-refractivity contribution in [2.75, 3.05) is 19.0 Å². The second kappa shape index (κ2) is 9.67. The largest absolute Gasteiger partial charge is 0.443 e. The Morgan fingerprint density at radius 3 is 2.29 bits per heavy atom. The first kappa shape index (κ1) is 27.3. The van der Waals surface area contributed by atoms with Gasteiger partial charge in [0, 0.05) is 17.1 Å². The van der Waals surface area contributed by atoms with Crippen molar-refractivity contribution in [3.8, 4) is 0 Å². The van der Waals surface area contributed by atoms with Crippen LogP contribution in [0.1, 0.15) is 59.9 Å². The Hall–Kier alpha value is -1.24. The number of amidine groups is 1. The molecule has 0 spiro atoms. The zero-order valence-corrected chi connectivity index (χ0v) is 23.7. The quantitative estimate of drug-likeness (QED) is 0.415. The maximum atomic E-state index is 13.8. The van der Waals surface area contributed by atoms with Gasteiger partial charge in [0.25, 0.3) is 0 Å². The smallest absolute Gasteiger partial charge is 0.426 e. The van der Waals surface area contributed by atoms with Crippen molar-refractivity contribution < 1.29 is 28.2 Å². The standard InChI is InChI=1S/C22H31BrFN3O5S2/c1-19(2,3)31-17(28)27(18(29)32-20(4,5)6)16-26-22(15-25-14(23)10-33-15)12-30-21(7,11-24)8-13(22)9-34-16/h10,13H,8-9,11-12H2,1-7H3/t13-,21+,22-/m0/s1. The summed E-state index contributed by atoms with van der Waals surface area (Å²) in [6.07, 6.45) is -1.34. The first-order valence-electron chi connectivity index (χ1n) is 10.9. The van der Waals surface area contributed by atoms with Gasteiger partial charge in [-0.15, -0.1) is 11.3 Å². The lowest BCUT2D eigenvalue weighted by Crippen LogP contribution is -2.56. The van der Waals surface area contributed by atoms with E-state index in [4.69, 9.17) is 19.2 Å². The Bertz CT molecular complexity index is 948. The highest BCUT2D eigenvalue weighted by atomic mass is 79.9. The van der Waals surface area contributed by atoms with E-state index in [0.717, 1.165) is 4.90 Å². The number of imide groups is 1. The third-order valence-electron chi connectivity index (χ3n) is 5.18. The van der Waals surface area contributed by atoms with Gasteiger partial charge in [-0.25, -0.2) is 24.0 Å². The summed E-state index contributed by atoms with van der Waals surface area (Å²) in [5, 5.41) is 2.63. The van der Waals surface area contributed by atoms with Gasteiger partial charge in [-0.05, 0) is 70.8 Å². The minimum atomic E-state index is -0.978. The molecule has 0 N–H and O–H groups in total. The van der Waals surface area contributed by atoms with Crippen LogP contribution in [0.3, 0.4) is 0 Å². The fourth-order valence-electron chi connectivity index (χ4n) is 3.64. The molecule has 1 fully saturated rings. The number of alkyl halides is 1. The lowest BCUT2D eigenvalue weighted by Gasteiger charge is -2.48. The minimum absolute atomic E-state index is 0.0680. The third kappa shape index (κ3) is 6.11. The van der Waals surface area contributed by atoms with Crippen LogP contribution in [0.4, 0.5) is 14.0 Å². The summed E-state index contributed by atoms with van der Waals surface area (Å²) in [6.45, 7) is 11.5. The van der Waals surface area contributed by atoms with Gasteiger partial charge in [-0.3, -0.25) is 0 Å². The number of thioether (sulfide) groups is 1. The van der Waals surface area contributed by atoms with Crippen molar-refractivity contribution in [2.24, 2.45) is 10.9 Å². The van der Waals surface area contributed by atoms with Crippen molar-refractivity contribution in [3.05, 3.63) is 15.0 Å². The Labute approximate surface area is 216 Å². The van der Waals surface area contributed by atoms with E-state index < -0.39 is 41.2 Å². The van der Waals surface area contributed by atoms with Crippen LogP contribution in [0, 0.1) is 5.92 Å². The third-order valence-corrected chi connectivity index (χ3v) is 8.00. The molecule has 8 nitrogen and oxygen atoms in total. The van der Waals surface area contributed by atoms with Gasteiger partial charge in [0.05, 0.1) is 12.2 Å². The Morgan fingerprint density at radius 1 is 1.24 bits per heavy atom. The van der Waals surface area contributed by atoms with E-state index in [1.807, 2.05) is 5.38 Å². The molecule has 190 valence electrons. The molecular formula is C22H31BrFN3O5S2. The highest BCUT2D eigenvalue weighted by Gasteiger charge is 2.54. The second-order valence-corrected chi connectivity index (χ2v) is 13.3. The molecule has 2 amide bonds. The van der Waals surface area contributed by atoms with E-state index in [-0.39, 0.29) is 17.7 Å². The molecule has 0 saturated carbocycles. The summed E-state index contributed by atoms with van der Waals surface area (Å²) < 4.78 is 31.4. The van der Waals surface area contributed by atoms with E-state index in [9.17, 15) is 14.0 Å². The van der Waals surface area contributed by atoms with E-state index >= 15 is 0 Å². The Morgan fingerprint density at radius 2 is 1.82 bits per heavy atom. The summed E-state index contributed by atoms with van der Waals surface area (Å²) in [5.74, 6) is 0.366. The lowest BCUT2D eigenvalue weighted by atomic mass is 9.76. The minimum Gasteiger partial charge on any atom is -0.443 e. The van der Waals surface area contributed by atoms with Crippen LogP contribution in [0.25, 0.3) is 0 Å². The number of ether oxygens (including phenoxy) is 3. The number of hydrogen-bond donors (Lipinski definition) is 0. The molecule has 0 bridgehead atoms. The average Bonchev–Trinajstić information content (AvgIpc) is 3.12. The number of halogens is 2. The van der Waals surface area contributed by atoms with Crippen molar-refractivity contribution in [1.82, 2.24) is 9.88 Å². The summed E-state index contributed by atoms with van der Waals surface area (Å²) >= 11 is 6.02. The number of carbonyl (C=O) groups is 2. The van der Waals surface area contributed by atoms with Crippen molar-refractivity contribution in [3.63, 3.8) is 0 Å². The normalized spacial score (nSPS) is 27.4. The van der Waals surface area contributed by atoms with Crippen LogP contribution in [0.2, 0.25) is 0 Å². The lowest BCUT2D eigenvalue weighted by molar-refractivity contribution is -0.129. The molecule has 0 unspecified atom stereocenters.